The summed E-state index contributed by atoms with van der Waals surface area (Å²) in [7, 11) is 1.33. The number of carbonyl (C=O) groups is 1. The number of carbonyl (C=O) groups excluding carboxylic acids is 1. The first-order valence-corrected chi connectivity index (χ1v) is 4.03. The molecule has 1 saturated carbocycles. The largest absolute Gasteiger partial charge is 0.507 e. The fourth-order valence-electron chi connectivity index (χ4n) is 1.42. The Kier molecular flexibility index (Phi) is 3.20. The van der Waals surface area contributed by atoms with Crippen LogP contribution in [0.2, 0.25) is 0 Å². The van der Waals surface area contributed by atoms with Gasteiger partial charge < -0.3 is 9.47 Å². The maximum atomic E-state index is 10.5. The van der Waals surface area contributed by atoms with Gasteiger partial charge in [0.25, 0.3) is 0 Å². The van der Waals surface area contributed by atoms with Crippen LogP contribution >= 0.6 is 0 Å². The number of ether oxygens (including phenoxy) is 2. The summed E-state index contributed by atoms with van der Waals surface area (Å²) < 4.78 is 9.16. The lowest BCUT2D eigenvalue weighted by molar-refractivity contribution is 0.0607. The van der Waals surface area contributed by atoms with Gasteiger partial charge in [0.2, 0.25) is 0 Å². The molecule has 1 aliphatic carbocycles. The molecule has 0 radical (unpaired) electrons. The Morgan fingerprint density at radius 3 is 2.64 bits per heavy atom. The molecule has 1 rings (SSSR count). The van der Waals surface area contributed by atoms with Crippen molar-refractivity contribution in [3.63, 3.8) is 0 Å². The van der Waals surface area contributed by atoms with Gasteiger partial charge in [-0.05, 0) is 18.8 Å². The quantitative estimate of drug-likeness (QED) is 0.576. The molecule has 0 aromatic heterocycles. The highest BCUT2D eigenvalue weighted by molar-refractivity contribution is 5.59. The predicted molar refractivity (Wildman–Crippen MR) is 40.3 cm³/mol. The second kappa shape index (κ2) is 4.21. The van der Waals surface area contributed by atoms with E-state index in [-0.39, 0.29) is 0 Å². The molecule has 0 bridgehead atoms. The van der Waals surface area contributed by atoms with Gasteiger partial charge in [0.05, 0.1) is 13.7 Å². The van der Waals surface area contributed by atoms with E-state index in [1.165, 1.54) is 32.8 Å². The van der Waals surface area contributed by atoms with Crippen molar-refractivity contribution in [3.05, 3.63) is 0 Å². The smallest absolute Gasteiger partial charge is 0.438 e. The number of rotatable bonds is 2. The highest BCUT2D eigenvalue weighted by atomic mass is 16.7. The Morgan fingerprint density at radius 1 is 1.45 bits per heavy atom. The highest BCUT2D eigenvalue weighted by Gasteiger charge is 2.16. The monoisotopic (exact) mass is 158 g/mol. The summed E-state index contributed by atoms with van der Waals surface area (Å²) in [6.07, 6.45) is 4.37. The van der Waals surface area contributed by atoms with Crippen molar-refractivity contribution in [1.29, 1.82) is 0 Å². The van der Waals surface area contributed by atoms with E-state index in [4.69, 9.17) is 4.74 Å². The van der Waals surface area contributed by atoms with Crippen LogP contribution in [-0.4, -0.2) is 19.9 Å². The molecule has 0 saturated heterocycles. The maximum Gasteiger partial charge on any atom is 0.507 e. The molecule has 3 nitrogen and oxygen atoms in total. The second-order valence-electron chi connectivity index (χ2n) is 2.92. The first-order valence-electron chi connectivity index (χ1n) is 4.03. The Balaban J connectivity index is 2.06. The van der Waals surface area contributed by atoms with Crippen molar-refractivity contribution < 1.29 is 14.3 Å². The zero-order valence-corrected chi connectivity index (χ0v) is 6.84. The third-order valence-corrected chi connectivity index (χ3v) is 2.08. The normalized spacial score (nSPS) is 18.3. The SMILES string of the molecule is COC(=O)OCC1CCCC1. The van der Waals surface area contributed by atoms with Crippen LogP contribution in [0.1, 0.15) is 25.7 Å². The molecule has 0 spiro atoms. The summed E-state index contributed by atoms with van der Waals surface area (Å²) in [6.45, 7) is 0.534. The molecule has 0 aliphatic heterocycles. The Labute approximate surface area is 66.7 Å². The lowest BCUT2D eigenvalue weighted by Crippen LogP contribution is -2.11. The third-order valence-electron chi connectivity index (χ3n) is 2.08. The molecule has 0 amide bonds. The standard InChI is InChI=1S/C8H14O3/c1-10-8(9)11-6-7-4-2-3-5-7/h7H,2-6H2,1H3. The van der Waals surface area contributed by atoms with Gasteiger partial charge in [-0.2, -0.15) is 0 Å². The van der Waals surface area contributed by atoms with E-state index >= 15 is 0 Å². The Hall–Kier alpha value is -0.730. The third kappa shape index (κ3) is 2.78. The Morgan fingerprint density at radius 2 is 2.09 bits per heavy atom. The van der Waals surface area contributed by atoms with E-state index < -0.39 is 6.16 Å². The Bertz CT molecular complexity index is 127. The van der Waals surface area contributed by atoms with Gasteiger partial charge >= 0.3 is 6.16 Å². The van der Waals surface area contributed by atoms with Crippen molar-refractivity contribution in [3.8, 4) is 0 Å². The van der Waals surface area contributed by atoms with Gasteiger partial charge in [0.15, 0.2) is 0 Å². The van der Waals surface area contributed by atoms with E-state index in [0.29, 0.717) is 12.5 Å². The van der Waals surface area contributed by atoms with Crippen LogP contribution in [0.4, 0.5) is 4.79 Å². The summed E-state index contributed by atoms with van der Waals surface area (Å²) >= 11 is 0. The molecule has 64 valence electrons. The fraction of sp³-hybridized carbons (Fsp3) is 0.875. The predicted octanol–water partition coefficient (Wildman–Crippen LogP) is 1.96. The minimum absolute atomic E-state index is 0.534. The van der Waals surface area contributed by atoms with Gasteiger partial charge in [-0.3, -0.25) is 0 Å². The van der Waals surface area contributed by atoms with Crippen LogP contribution in [0.25, 0.3) is 0 Å². The minimum Gasteiger partial charge on any atom is -0.438 e. The number of methoxy groups -OCH3 is 1. The molecule has 1 aliphatic rings. The highest BCUT2D eigenvalue weighted by Crippen LogP contribution is 2.24. The van der Waals surface area contributed by atoms with E-state index in [1.807, 2.05) is 0 Å². The van der Waals surface area contributed by atoms with Gasteiger partial charge in [-0.15, -0.1) is 0 Å². The number of hydrogen-bond donors (Lipinski definition) is 0. The maximum absolute atomic E-state index is 10.5. The summed E-state index contributed by atoms with van der Waals surface area (Å²) in [5.74, 6) is 0.578. The topological polar surface area (TPSA) is 35.5 Å². The molecule has 0 aromatic carbocycles. The fourth-order valence-corrected chi connectivity index (χ4v) is 1.42. The molecule has 0 N–H and O–H groups in total. The molecular formula is C8H14O3. The summed E-state index contributed by atoms with van der Waals surface area (Å²) in [4.78, 5) is 10.5. The molecule has 0 unspecified atom stereocenters. The molecule has 0 aromatic rings. The molecule has 1 fully saturated rings. The lowest BCUT2D eigenvalue weighted by atomic mass is 10.1. The average Bonchev–Trinajstić information content (AvgIpc) is 2.52. The van der Waals surface area contributed by atoms with Gasteiger partial charge in [-0.1, -0.05) is 12.8 Å². The molecule has 3 heteroatoms. The van der Waals surface area contributed by atoms with Crippen molar-refractivity contribution in [2.45, 2.75) is 25.7 Å². The van der Waals surface area contributed by atoms with Crippen LogP contribution in [0.5, 0.6) is 0 Å². The van der Waals surface area contributed by atoms with Crippen LogP contribution in [-0.2, 0) is 9.47 Å². The van der Waals surface area contributed by atoms with Crippen LogP contribution < -0.4 is 0 Å². The van der Waals surface area contributed by atoms with Gasteiger partial charge in [0, 0.05) is 0 Å². The van der Waals surface area contributed by atoms with E-state index in [2.05, 4.69) is 4.74 Å². The first kappa shape index (κ1) is 8.37. The number of hydrogen-bond acceptors (Lipinski definition) is 3. The van der Waals surface area contributed by atoms with Crippen molar-refractivity contribution in [2.75, 3.05) is 13.7 Å². The van der Waals surface area contributed by atoms with Crippen molar-refractivity contribution in [1.82, 2.24) is 0 Å². The summed E-state index contributed by atoms with van der Waals surface area (Å²) in [6, 6.07) is 0. The summed E-state index contributed by atoms with van der Waals surface area (Å²) in [5.41, 5.74) is 0. The zero-order chi connectivity index (χ0) is 8.10. The zero-order valence-electron chi connectivity index (χ0n) is 6.84. The second-order valence-corrected chi connectivity index (χ2v) is 2.92. The van der Waals surface area contributed by atoms with Crippen molar-refractivity contribution >= 4 is 6.16 Å². The van der Waals surface area contributed by atoms with Crippen LogP contribution in [0.15, 0.2) is 0 Å². The summed E-state index contributed by atoms with van der Waals surface area (Å²) in [5, 5.41) is 0. The first-order chi connectivity index (χ1) is 5.33. The molecular weight excluding hydrogens is 144 g/mol. The van der Waals surface area contributed by atoms with Gasteiger partial charge in [0.1, 0.15) is 0 Å². The molecule has 0 atom stereocenters. The minimum atomic E-state index is -0.558. The van der Waals surface area contributed by atoms with E-state index in [0.717, 1.165) is 0 Å². The van der Waals surface area contributed by atoms with E-state index in [1.54, 1.807) is 0 Å². The molecule has 0 heterocycles. The van der Waals surface area contributed by atoms with Crippen LogP contribution in [0, 0.1) is 5.92 Å². The average molecular weight is 158 g/mol. The van der Waals surface area contributed by atoms with Crippen LogP contribution in [0.3, 0.4) is 0 Å². The van der Waals surface area contributed by atoms with E-state index in [9.17, 15) is 4.79 Å². The molecule has 11 heavy (non-hydrogen) atoms. The van der Waals surface area contributed by atoms with Crippen molar-refractivity contribution in [2.24, 2.45) is 5.92 Å². The van der Waals surface area contributed by atoms with Gasteiger partial charge in [-0.25, -0.2) is 4.79 Å². The lowest BCUT2D eigenvalue weighted by Gasteiger charge is -2.07.